The van der Waals surface area contributed by atoms with Crippen LogP contribution in [0.3, 0.4) is 0 Å². The summed E-state index contributed by atoms with van der Waals surface area (Å²) in [7, 11) is 0. The van der Waals surface area contributed by atoms with Crippen molar-refractivity contribution in [3.05, 3.63) is 28.8 Å². The molecule has 1 aliphatic carbocycles. The van der Waals surface area contributed by atoms with Gasteiger partial charge in [0, 0.05) is 0 Å². The third-order valence-electron chi connectivity index (χ3n) is 4.03. The first-order chi connectivity index (χ1) is 12.3. The highest BCUT2D eigenvalue weighted by atomic mass is 35.5. The van der Waals surface area contributed by atoms with Gasteiger partial charge in [-0.2, -0.15) is 13.2 Å². The van der Waals surface area contributed by atoms with E-state index in [4.69, 9.17) is 11.6 Å². The van der Waals surface area contributed by atoms with E-state index in [0.717, 1.165) is 55.6 Å². The summed E-state index contributed by atoms with van der Waals surface area (Å²) in [5.74, 6) is -0.531. The molecule has 0 aliphatic heterocycles. The van der Waals surface area contributed by atoms with E-state index in [9.17, 15) is 18.0 Å². The highest BCUT2D eigenvalue weighted by Gasteiger charge is 2.31. The Labute approximate surface area is 156 Å². The second-order valence-corrected chi connectivity index (χ2v) is 7.22. The number of nitrogens with one attached hydrogen (secondary N) is 1. The van der Waals surface area contributed by atoms with Crippen LogP contribution in [0.25, 0.3) is 0 Å². The molecule has 1 heterocycles. The number of anilines is 1. The molecule has 140 valence electrons. The molecule has 0 atom stereocenters. The maximum absolute atomic E-state index is 12.8. The van der Waals surface area contributed by atoms with Gasteiger partial charge in [0.05, 0.1) is 28.1 Å². The van der Waals surface area contributed by atoms with Gasteiger partial charge in [-0.15, -0.1) is 5.10 Å². The number of carbonyl (C=O) groups is 1. The number of nitrogens with zero attached hydrogens (tertiary/aromatic N) is 4. The molecular formula is C15H15ClF3N5OS. The van der Waals surface area contributed by atoms with Crippen molar-refractivity contribution in [3.8, 4) is 0 Å². The molecule has 3 rings (SSSR count). The lowest BCUT2D eigenvalue weighted by molar-refractivity contribution is -0.137. The Morgan fingerprint density at radius 1 is 1.35 bits per heavy atom. The van der Waals surface area contributed by atoms with Crippen LogP contribution >= 0.6 is 23.4 Å². The lowest BCUT2D eigenvalue weighted by Gasteiger charge is -2.12. The quantitative estimate of drug-likeness (QED) is 0.755. The topological polar surface area (TPSA) is 72.7 Å². The van der Waals surface area contributed by atoms with E-state index in [1.807, 2.05) is 0 Å². The third-order valence-corrected chi connectivity index (χ3v) is 5.30. The van der Waals surface area contributed by atoms with Crippen LogP contribution < -0.4 is 5.32 Å². The molecule has 2 aromatic rings. The van der Waals surface area contributed by atoms with Crippen molar-refractivity contribution in [3.63, 3.8) is 0 Å². The van der Waals surface area contributed by atoms with Gasteiger partial charge in [-0.1, -0.05) is 36.2 Å². The Hall–Kier alpha value is -1.81. The van der Waals surface area contributed by atoms with Crippen LogP contribution in [-0.4, -0.2) is 31.9 Å². The predicted octanol–water partition coefficient (Wildman–Crippen LogP) is 4.19. The number of thioether (sulfide) groups is 1. The van der Waals surface area contributed by atoms with Crippen molar-refractivity contribution in [2.75, 3.05) is 11.1 Å². The number of carbonyl (C=O) groups excluding carboxylic acids is 1. The average molecular weight is 406 g/mol. The van der Waals surface area contributed by atoms with Crippen molar-refractivity contribution in [1.82, 2.24) is 20.2 Å². The molecule has 0 unspecified atom stereocenters. The van der Waals surface area contributed by atoms with E-state index in [-0.39, 0.29) is 22.5 Å². The molecule has 11 heteroatoms. The molecule has 1 fully saturated rings. The van der Waals surface area contributed by atoms with Gasteiger partial charge in [0.2, 0.25) is 11.1 Å². The van der Waals surface area contributed by atoms with Crippen LogP contribution in [0.4, 0.5) is 18.9 Å². The molecule has 1 aromatic carbocycles. The highest BCUT2D eigenvalue weighted by Crippen LogP contribution is 2.34. The van der Waals surface area contributed by atoms with E-state index < -0.39 is 17.6 Å². The Balaban J connectivity index is 1.62. The molecular weight excluding hydrogens is 391 g/mol. The smallest absolute Gasteiger partial charge is 0.324 e. The molecule has 6 nitrogen and oxygen atoms in total. The van der Waals surface area contributed by atoms with Gasteiger partial charge in [0.1, 0.15) is 0 Å². The summed E-state index contributed by atoms with van der Waals surface area (Å²) in [5, 5.41) is 14.5. The first-order valence-corrected chi connectivity index (χ1v) is 9.28. The average Bonchev–Trinajstić information content (AvgIpc) is 3.24. The lowest BCUT2D eigenvalue weighted by Crippen LogP contribution is -2.16. The van der Waals surface area contributed by atoms with Gasteiger partial charge in [-0.3, -0.25) is 4.79 Å². The Kier molecular flexibility index (Phi) is 5.71. The summed E-state index contributed by atoms with van der Waals surface area (Å²) >= 11 is 7.01. The monoisotopic (exact) mass is 405 g/mol. The number of hydrogen-bond acceptors (Lipinski definition) is 5. The largest absolute Gasteiger partial charge is 0.416 e. The van der Waals surface area contributed by atoms with Crippen molar-refractivity contribution in [2.45, 2.75) is 43.1 Å². The van der Waals surface area contributed by atoms with E-state index in [2.05, 4.69) is 20.8 Å². The molecule has 1 amide bonds. The fraction of sp³-hybridized carbons (Fsp3) is 0.467. The number of halogens is 4. The van der Waals surface area contributed by atoms with Crippen LogP contribution in [0.2, 0.25) is 5.02 Å². The number of aromatic nitrogens is 4. The maximum Gasteiger partial charge on any atom is 0.416 e. The molecule has 26 heavy (non-hydrogen) atoms. The van der Waals surface area contributed by atoms with E-state index >= 15 is 0 Å². The molecule has 0 saturated heterocycles. The zero-order chi connectivity index (χ0) is 18.7. The van der Waals surface area contributed by atoms with Gasteiger partial charge < -0.3 is 5.32 Å². The minimum atomic E-state index is -4.51. The van der Waals surface area contributed by atoms with Gasteiger partial charge in [-0.25, -0.2) is 4.68 Å². The van der Waals surface area contributed by atoms with E-state index in [1.54, 1.807) is 4.68 Å². The summed E-state index contributed by atoms with van der Waals surface area (Å²) in [6.45, 7) is 0. The fourth-order valence-electron chi connectivity index (χ4n) is 2.77. The van der Waals surface area contributed by atoms with Crippen LogP contribution in [0.15, 0.2) is 23.4 Å². The second kappa shape index (κ2) is 7.83. The summed E-state index contributed by atoms with van der Waals surface area (Å²) in [4.78, 5) is 12.1. The molecule has 0 spiro atoms. The number of benzene rings is 1. The zero-order valence-corrected chi connectivity index (χ0v) is 15.0. The third kappa shape index (κ3) is 4.47. The number of tetrazole rings is 1. The second-order valence-electron chi connectivity index (χ2n) is 5.87. The van der Waals surface area contributed by atoms with Crippen LogP contribution in [-0.2, 0) is 11.0 Å². The molecule has 1 saturated carbocycles. The van der Waals surface area contributed by atoms with Crippen LogP contribution in [0.1, 0.15) is 37.3 Å². The summed E-state index contributed by atoms with van der Waals surface area (Å²) in [6, 6.07) is 3.01. The minimum absolute atomic E-state index is 0.0344. The first kappa shape index (κ1) is 19.0. The van der Waals surface area contributed by atoms with Crippen molar-refractivity contribution >= 4 is 35.0 Å². The Morgan fingerprint density at radius 3 is 2.77 bits per heavy atom. The van der Waals surface area contributed by atoms with Crippen molar-refractivity contribution in [1.29, 1.82) is 0 Å². The summed E-state index contributed by atoms with van der Waals surface area (Å²) < 4.78 is 40.0. The van der Waals surface area contributed by atoms with Crippen molar-refractivity contribution < 1.29 is 18.0 Å². The van der Waals surface area contributed by atoms with Gasteiger partial charge >= 0.3 is 6.18 Å². The van der Waals surface area contributed by atoms with Gasteiger partial charge in [0.15, 0.2) is 0 Å². The normalized spacial score (nSPS) is 15.4. The number of rotatable bonds is 5. The first-order valence-electron chi connectivity index (χ1n) is 7.92. The van der Waals surface area contributed by atoms with Gasteiger partial charge in [-0.05, 0) is 41.5 Å². The SMILES string of the molecule is O=C(CSc1nnnn1C1CCCC1)Nc1cc(C(F)(F)F)ccc1Cl. The summed E-state index contributed by atoms with van der Waals surface area (Å²) in [6.07, 6.45) is -0.302. The number of amides is 1. The zero-order valence-electron chi connectivity index (χ0n) is 13.5. The minimum Gasteiger partial charge on any atom is -0.324 e. The van der Waals surface area contributed by atoms with Crippen molar-refractivity contribution in [2.24, 2.45) is 0 Å². The number of alkyl halides is 3. The molecule has 1 N–H and O–H groups in total. The molecule has 0 radical (unpaired) electrons. The lowest BCUT2D eigenvalue weighted by atomic mass is 10.2. The maximum atomic E-state index is 12.8. The molecule has 1 aliphatic rings. The van der Waals surface area contributed by atoms with Crippen LogP contribution in [0, 0.1) is 0 Å². The molecule has 1 aromatic heterocycles. The number of hydrogen-bond donors (Lipinski definition) is 1. The van der Waals surface area contributed by atoms with E-state index in [0.29, 0.717) is 5.16 Å². The standard InChI is InChI=1S/C15H15ClF3N5OS/c16-11-6-5-9(15(17,18)19)7-12(11)20-13(25)8-26-14-21-22-23-24(14)10-3-1-2-4-10/h5-7,10H,1-4,8H2,(H,20,25). The Bertz CT molecular complexity index is 792. The summed E-state index contributed by atoms with van der Waals surface area (Å²) in [5.41, 5.74) is -0.961. The molecule has 0 bridgehead atoms. The van der Waals surface area contributed by atoms with E-state index in [1.165, 1.54) is 0 Å². The Morgan fingerprint density at radius 2 is 2.08 bits per heavy atom. The van der Waals surface area contributed by atoms with Crippen LogP contribution in [0.5, 0.6) is 0 Å². The van der Waals surface area contributed by atoms with Gasteiger partial charge in [0.25, 0.3) is 0 Å². The fourth-order valence-corrected chi connectivity index (χ4v) is 3.68. The predicted molar refractivity (Wildman–Crippen MR) is 91.1 cm³/mol. The highest BCUT2D eigenvalue weighted by molar-refractivity contribution is 7.99.